The van der Waals surface area contributed by atoms with Gasteiger partial charge in [-0.25, -0.2) is 4.98 Å². The van der Waals surface area contributed by atoms with Gasteiger partial charge in [-0.3, -0.25) is 14.7 Å². The molecular weight excluding hydrogens is 302 g/mol. The minimum absolute atomic E-state index is 0.0394. The Morgan fingerprint density at radius 2 is 2.27 bits per heavy atom. The zero-order valence-corrected chi connectivity index (χ0v) is 13.0. The fourth-order valence-electron chi connectivity index (χ4n) is 2.20. The lowest BCUT2D eigenvalue weighted by Gasteiger charge is -2.06. The van der Waals surface area contributed by atoms with Crippen LogP contribution < -0.4 is 10.2 Å². The molecule has 0 saturated carbocycles. The molecule has 7 nitrogen and oxygen atoms in total. The summed E-state index contributed by atoms with van der Waals surface area (Å²) in [5.41, 5.74) is 3.02. The summed E-state index contributed by atoms with van der Waals surface area (Å²) in [7, 11) is 0. The topological polar surface area (TPSA) is 92.7 Å². The molecule has 0 unspecified atom stereocenters. The molecule has 0 bridgehead atoms. The van der Waals surface area contributed by atoms with E-state index >= 15 is 0 Å². The number of aromatic nitrogens is 4. The van der Waals surface area contributed by atoms with E-state index in [2.05, 4.69) is 20.5 Å². The number of rotatable bonds is 4. The van der Waals surface area contributed by atoms with Gasteiger partial charge in [0.1, 0.15) is 0 Å². The molecule has 0 atom stereocenters. The van der Waals surface area contributed by atoms with E-state index in [1.165, 1.54) is 0 Å². The number of pyridine rings is 1. The molecule has 0 aliphatic carbocycles. The quantitative estimate of drug-likeness (QED) is 0.767. The summed E-state index contributed by atoms with van der Waals surface area (Å²) in [6, 6.07) is 1.83. The first-order valence-electron chi connectivity index (χ1n) is 6.80. The molecule has 0 spiro atoms. The van der Waals surface area contributed by atoms with Crippen LogP contribution in [0.5, 0.6) is 0 Å². The number of carbonyl (C=O) groups excluding carboxylic acids is 1. The molecule has 0 aromatic carbocycles. The van der Waals surface area contributed by atoms with Gasteiger partial charge >= 0.3 is 4.87 Å². The van der Waals surface area contributed by atoms with Gasteiger partial charge < -0.3 is 9.88 Å². The molecule has 8 heteroatoms. The monoisotopic (exact) mass is 317 g/mol. The lowest BCUT2D eigenvalue weighted by atomic mass is 10.2. The Bertz CT molecular complexity index is 892. The van der Waals surface area contributed by atoms with Crippen molar-refractivity contribution in [3.8, 4) is 0 Å². The van der Waals surface area contributed by atoms with Crippen molar-refractivity contribution in [1.29, 1.82) is 0 Å². The molecule has 0 saturated heterocycles. The van der Waals surface area contributed by atoms with Crippen LogP contribution in [0, 0.1) is 13.8 Å². The largest absolute Gasteiger partial charge is 0.325 e. The Balaban J connectivity index is 1.68. The average Bonchev–Trinajstić information content (AvgIpc) is 3.01. The molecule has 0 aliphatic rings. The fraction of sp³-hybridized carbons (Fsp3) is 0.286. The second kappa shape index (κ2) is 5.72. The number of nitrogens with one attached hydrogen (secondary N) is 2. The van der Waals surface area contributed by atoms with E-state index in [4.69, 9.17) is 0 Å². The van der Waals surface area contributed by atoms with Gasteiger partial charge in [0.05, 0.1) is 11.9 Å². The summed E-state index contributed by atoms with van der Waals surface area (Å²) in [6.45, 7) is 4.13. The van der Waals surface area contributed by atoms with Gasteiger partial charge in [-0.15, -0.1) is 0 Å². The van der Waals surface area contributed by atoms with Gasteiger partial charge in [-0.05, 0) is 19.9 Å². The van der Waals surface area contributed by atoms with E-state index in [0.29, 0.717) is 17.9 Å². The van der Waals surface area contributed by atoms with Crippen LogP contribution in [0.2, 0.25) is 0 Å². The summed E-state index contributed by atoms with van der Waals surface area (Å²) >= 11 is 1.15. The lowest BCUT2D eigenvalue weighted by Crippen LogP contribution is -2.20. The Hall–Kier alpha value is -2.48. The molecule has 2 N–H and O–H groups in total. The van der Waals surface area contributed by atoms with Gasteiger partial charge in [0.15, 0.2) is 5.65 Å². The first-order chi connectivity index (χ1) is 10.5. The predicted molar refractivity (Wildman–Crippen MR) is 85.2 cm³/mol. The second-order valence-electron chi connectivity index (χ2n) is 5.04. The van der Waals surface area contributed by atoms with Gasteiger partial charge in [-0.2, -0.15) is 5.10 Å². The van der Waals surface area contributed by atoms with E-state index in [9.17, 15) is 9.59 Å². The van der Waals surface area contributed by atoms with Crippen molar-refractivity contribution in [2.75, 3.05) is 5.32 Å². The molecule has 3 aromatic rings. The zero-order valence-electron chi connectivity index (χ0n) is 12.2. The number of thiazole rings is 1. The normalized spacial score (nSPS) is 11.0. The van der Waals surface area contributed by atoms with Crippen LogP contribution in [0.15, 0.2) is 22.4 Å². The number of nitrogens with zero attached hydrogens (tertiary/aromatic N) is 3. The maximum Gasteiger partial charge on any atom is 0.307 e. The highest BCUT2D eigenvalue weighted by atomic mass is 32.1. The molecular formula is C14H15N5O2S. The van der Waals surface area contributed by atoms with Crippen LogP contribution in [0.1, 0.15) is 17.8 Å². The van der Waals surface area contributed by atoms with Crippen LogP contribution in [0.25, 0.3) is 11.0 Å². The average molecular weight is 317 g/mol. The van der Waals surface area contributed by atoms with E-state index in [1.807, 2.05) is 19.9 Å². The third-order valence-electron chi connectivity index (χ3n) is 3.42. The number of aryl methyl sites for hydroxylation is 2. The third-order valence-corrected chi connectivity index (χ3v) is 4.30. The maximum atomic E-state index is 12.0. The van der Waals surface area contributed by atoms with Crippen molar-refractivity contribution in [3.63, 3.8) is 0 Å². The maximum absolute atomic E-state index is 12.0. The SMILES string of the molecule is Cc1[nH]nc2ncc(NC(=O)CCn3c(C)csc3=O)cc12. The van der Waals surface area contributed by atoms with Crippen LogP contribution >= 0.6 is 11.3 Å². The van der Waals surface area contributed by atoms with Crippen molar-refractivity contribution >= 4 is 34.0 Å². The second-order valence-corrected chi connectivity index (χ2v) is 5.86. The van der Waals surface area contributed by atoms with Crippen LogP contribution in [0.4, 0.5) is 5.69 Å². The fourth-order valence-corrected chi connectivity index (χ4v) is 2.96. The minimum Gasteiger partial charge on any atom is -0.325 e. The van der Waals surface area contributed by atoms with Gasteiger partial charge in [0, 0.05) is 35.1 Å². The Morgan fingerprint density at radius 3 is 3.00 bits per heavy atom. The Labute approximate surface area is 130 Å². The molecule has 3 heterocycles. The first kappa shape index (κ1) is 14.5. The smallest absolute Gasteiger partial charge is 0.307 e. The number of amides is 1. The highest BCUT2D eigenvalue weighted by Gasteiger charge is 2.09. The van der Waals surface area contributed by atoms with E-state index in [0.717, 1.165) is 28.1 Å². The van der Waals surface area contributed by atoms with Crippen molar-refractivity contribution in [2.24, 2.45) is 0 Å². The summed E-state index contributed by atoms with van der Waals surface area (Å²) in [4.78, 5) is 27.8. The first-order valence-corrected chi connectivity index (χ1v) is 7.68. The molecule has 0 radical (unpaired) electrons. The highest BCUT2D eigenvalue weighted by Crippen LogP contribution is 2.17. The highest BCUT2D eigenvalue weighted by molar-refractivity contribution is 7.07. The van der Waals surface area contributed by atoms with Gasteiger partial charge in [-0.1, -0.05) is 11.3 Å². The summed E-state index contributed by atoms with van der Waals surface area (Å²) < 4.78 is 1.60. The van der Waals surface area contributed by atoms with Crippen molar-refractivity contribution in [2.45, 2.75) is 26.8 Å². The van der Waals surface area contributed by atoms with Crippen LogP contribution in [-0.2, 0) is 11.3 Å². The number of aromatic amines is 1. The summed E-state index contributed by atoms with van der Waals surface area (Å²) in [5, 5.41) is 12.4. The Kier molecular flexibility index (Phi) is 3.76. The lowest BCUT2D eigenvalue weighted by molar-refractivity contribution is -0.116. The van der Waals surface area contributed by atoms with E-state index in [1.54, 1.807) is 16.1 Å². The molecule has 114 valence electrons. The van der Waals surface area contributed by atoms with Gasteiger partial charge in [0.2, 0.25) is 5.91 Å². The molecule has 0 aliphatic heterocycles. The van der Waals surface area contributed by atoms with Crippen molar-refractivity contribution in [1.82, 2.24) is 19.7 Å². The standard InChI is InChI=1S/C14H15N5O2S/c1-8-7-22-14(21)19(8)4-3-12(20)16-10-5-11-9(2)17-18-13(11)15-6-10/h5-7H,3-4H2,1-2H3,(H,16,20)(H,15,17,18). The van der Waals surface area contributed by atoms with E-state index in [-0.39, 0.29) is 17.2 Å². The number of hydrogen-bond donors (Lipinski definition) is 2. The molecule has 1 amide bonds. The molecule has 3 aromatic heterocycles. The molecule has 22 heavy (non-hydrogen) atoms. The zero-order chi connectivity index (χ0) is 15.7. The van der Waals surface area contributed by atoms with Gasteiger partial charge in [0.25, 0.3) is 0 Å². The number of carbonyl (C=O) groups is 1. The number of hydrogen-bond acceptors (Lipinski definition) is 5. The van der Waals surface area contributed by atoms with Crippen LogP contribution in [-0.4, -0.2) is 25.7 Å². The van der Waals surface area contributed by atoms with Crippen LogP contribution in [0.3, 0.4) is 0 Å². The van der Waals surface area contributed by atoms with Crippen molar-refractivity contribution < 1.29 is 4.79 Å². The minimum atomic E-state index is -0.153. The number of anilines is 1. The Morgan fingerprint density at radius 1 is 1.45 bits per heavy atom. The molecule has 0 fully saturated rings. The predicted octanol–water partition coefficient (Wildman–Crippen LogP) is 1.83. The number of H-pyrrole nitrogens is 1. The third kappa shape index (κ3) is 2.77. The number of fused-ring (bicyclic) bond motifs is 1. The summed E-state index contributed by atoms with van der Waals surface area (Å²) in [6.07, 6.45) is 1.81. The molecule has 3 rings (SSSR count). The van der Waals surface area contributed by atoms with Crippen molar-refractivity contribution in [3.05, 3.63) is 38.7 Å². The van der Waals surface area contributed by atoms with E-state index < -0.39 is 0 Å². The summed E-state index contributed by atoms with van der Waals surface area (Å²) in [5.74, 6) is -0.153.